The average molecular weight is 358 g/mol. The third-order valence-electron chi connectivity index (χ3n) is 3.49. The first-order valence-electron chi connectivity index (χ1n) is 6.65. The van der Waals surface area contributed by atoms with Crippen LogP contribution in [0.1, 0.15) is 16.0 Å². The Balaban J connectivity index is 1.87. The number of anilines is 1. The van der Waals surface area contributed by atoms with Crippen molar-refractivity contribution in [3.8, 4) is 11.1 Å². The number of hydrogen-bond acceptors (Lipinski definition) is 2. The molecule has 0 radical (unpaired) electrons. The zero-order valence-electron chi connectivity index (χ0n) is 11.4. The molecule has 1 aliphatic rings. The number of hydrogen-bond donors (Lipinski definition) is 2. The van der Waals surface area contributed by atoms with E-state index in [9.17, 15) is 9.59 Å². The van der Waals surface area contributed by atoms with Crippen LogP contribution in [0.5, 0.6) is 0 Å². The SMILES string of the molecule is O=C(O)/C=C/C(=O)Nc1ccc2c(c1)[C@H](Br)c1ccccc1-2. The highest BCUT2D eigenvalue weighted by atomic mass is 79.9. The molecular formula is C17H12BrNO3. The van der Waals surface area contributed by atoms with E-state index in [0.717, 1.165) is 23.3 Å². The largest absolute Gasteiger partial charge is 0.478 e. The molecule has 0 heterocycles. The lowest BCUT2D eigenvalue weighted by Gasteiger charge is -2.08. The molecule has 0 aliphatic heterocycles. The monoisotopic (exact) mass is 357 g/mol. The topological polar surface area (TPSA) is 66.4 Å². The van der Waals surface area contributed by atoms with Crippen molar-refractivity contribution >= 4 is 33.5 Å². The first-order chi connectivity index (χ1) is 10.6. The van der Waals surface area contributed by atoms with Crippen molar-refractivity contribution in [1.29, 1.82) is 0 Å². The Morgan fingerprint density at radius 2 is 1.77 bits per heavy atom. The Morgan fingerprint density at radius 3 is 2.55 bits per heavy atom. The summed E-state index contributed by atoms with van der Waals surface area (Å²) in [5.74, 6) is -1.62. The fraction of sp³-hybridized carbons (Fsp3) is 0.0588. The van der Waals surface area contributed by atoms with E-state index >= 15 is 0 Å². The van der Waals surface area contributed by atoms with Crippen LogP contribution in [0.4, 0.5) is 5.69 Å². The summed E-state index contributed by atoms with van der Waals surface area (Å²) >= 11 is 3.68. The molecule has 0 fully saturated rings. The molecule has 0 spiro atoms. The highest BCUT2D eigenvalue weighted by Crippen LogP contribution is 2.48. The first kappa shape index (κ1) is 14.5. The standard InChI is InChI=1S/C17H12BrNO3/c18-17-13-4-2-1-3-11(13)12-6-5-10(9-14(12)17)19-15(20)7-8-16(21)22/h1-9,17H,(H,19,20)(H,21,22)/b8-7+/t17-/m1/s1. The molecule has 2 aromatic rings. The van der Waals surface area contributed by atoms with Crippen LogP contribution in [0.15, 0.2) is 54.6 Å². The zero-order chi connectivity index (χ0) is 15.7. The number of benzene rings is 2. The molecule has 0 bridgehead atoms. The number of fused-ring (bicyclic) bond motifs is 3. The summed E-state index contributed by atoms with van der Waals surface area (Å²) in [6, 6.07) is 13.8. The van der Waals surface area contributed by atoms with Crippen molar-refractivity contribution in [3.05, 3.63) is 65.7 Å². The molecule has 0 saturated carbocycles. The van der Waals surface area contributed by atoms with Crippen LogP contribution < -0.4 is 5.32 Å². The predicted octanol–water partition coefficient (Wildman–Crippen LogP) is 3.73. The smallest absolute Gasteiger partial charge is 0.328 e. The van der Waals surface area contributed by atoms with Crippen molar-refractivity contribution in [2.24, 2.45) is 0 Å². The minimum absolute atomic E-state index is 0.0881. The van der Waals surface area contributed by atoms with Gasteiger partial charge in [0.2, 0.25) is 5.91 Å². The third-order valence-corrected chi connectivity index (χ3v) is 4.48. The van der Waals surface area contributed by atoms with E-state index in [1.165, 1.54) is 11.1 Å². The molecule has 0 unspecified atom stereocenters. The van der Waals surface area contributed by atoms with Crippen LogP contribution in [0.25, 0.3) is 11.1 Å². The number of nitrogens with one attached hydrogen (secondary N) is 1. The van der Waals surface area contributed by atoms with Crippen molar-refractivity contribution in [3.63, 3.8) is 0 Å². The molecule has 2 N–H and O–H groups in total. The lowest BCUT2D eigenvalue weighted by molar-refractivity contribution is -0.131. The fourth-order valence-electron chi connectivity index (χ4n) is 2.56. The van der Waals surface area contributed by atoms with Gasteiger partial charge < -0.3 is 10.4 Å². The summed E-state index contributed by atoms with van der Waals surface area (Å²) in [5, 5.41) is 11.2. The number of amides is 1. The third kappa shape index (κ3) is 2.67. The van der Waals surface area contributed by atoms with Crippen molar-refractivity contribution < 1.29 is 14.7 Å². The second-order valence-corrected chi connectivity index (χ2v) is 5.83. The Bertz CT molecular complexity index is 798. The van der Waals surface area contributed by atoms with Gasteiger partial charge in [0, 0.05) is 17.8 Å². The van der Waals surface area contributed by atoms with Gasteiger partial charge in [-0.25, -0.2) is 4.79 Å². The lowest BCUT2D eigenvalue weighted by atomic mass is 10.1. The van der Waals surface area contributed by atoms with Gasteiger partial charge in [-0.05, 0) is 34.4 Å². The predicted molar refractivity (Wildman–Crippen MR) is 88.1 cm³/mol. The van der Waals surface area contributed by atoms with Crippen LogP contribution in [-0.4, -0.2) is 17.0 Å². The number of carboxylic acid groups (broad SMARTS) is 1. The first-order valence-corrected chi connectivity index (χ1v) is 7.57. The van der Waals surface area contributed by atoms with E-state index in [0.29, 0.717) is 5.69 Å². The van der Waals surface area contributed by atoms with Gasteiger partial charge in [-0.3, -0.25) is 4.79 Å². The second kappa shape index (κ2) is 5.77. The number of aliphatic carboxylic acids is 1. The quantitative estimate of drug-likeness (QED) is 0.649. The van der Waals surface area contributed by atoms with Crippen molar-refractivity contribution in [1.82, 2.24) is 0 Å². The molecule has 4 nitrogen and oxygen atoms in total. The van der Waals surface area contributed by atoms with Gasteiger partial charge >= 0.3 is 5.97 Å². The molecule has 2 aromatic carbocycles. The number of carbonyl (C=O) groups excluding carboxylic acids is 1. The van der Waals surface area contributed by atoms with Gasteiger partial charge in [0.25, 0.3) is 0 Å². The summed E-state index contributed by atoms with van der Waals surface area (Å²) in [7, 11) is 0. The van der Waals surface area contributed by atoms with Crippen LogP contribution in [0.2, 0.25) is 0 Å². The van der Waals surface area contributed by atoms with E-state index in [1.54, 1.807) is 0 Å². The normalized spacial score (nSPS) is 15.4. The summed E-state index contributed by atoms with van der Waals surface area (Å²) in [5.41, 5.74) is 5.24. The lowest BCUT2D eigenvalue weighted by Crippen LogP contribution is -2.08. The molecular weight excluding hydrogens is 346 g/mol. The van der Waals surface area contributed by atoms with E-state index in [2.05, 4.69) is 33.4 Å². The van der Waals surface area contributed by atoms with Gasteiger partial charge in [-0.1, -0.05) is 46.3 Å². The van der Waals surface area contributed by atoms with E-state index in [1.807, 2.05) is 30.3 Å². The Labute approximate surface area is 135 Å². The van der Waals surface area contributed by atoms with Gasteiger partial charge in [-0.15, -0.1) is 0 Å². The fourth-order valence-corrected chi connectivity index (χ4v) is 3.34. The minimum atomic E-state index is -1.15. The average Bonchev–Trinajstić information content (AvgIpc) is 2.79. The maximum atomic E-state index is 11.6. The number of rotatable bonds is 3. The van der Waals surface area contributed by atoms with Crippen LogP contribution in [0.3, 0.4) is 0 Å². The molecule has 1 aliphatic carbocycles. The molecule has 1 amide bonds. The molecule has 22 heavy (non-hydrogen) atoms. The molecule has 110 valence electrons. The number of carboxylic acids is 1. The second-order valence-electron chi connectivity index (χ2n) is 4.91. The van der Waals surface area contributed by atoms with Crippen LogP contribution in [-0.2, 0) is 9.59 Å². The maximum Gasteiger partial charge on any atom is 0.328 e. The highest BCUT2D eigenvalue weighted by molar-refractivity contribution is 9.09. The maximum absolute atomic E-state index is 11.6. The summed E-state index contributed by atoms with van der Waals surface area (Å²) < 4.78 is 0. The molecule has 0 saturated heterocycles. The summed E-state index contributed by atoms with van der Waals surface area (Å²) in [4.78, 5) is 22.1. The number of alkyl halides is 1. The van der Waals surface area contributed by atoms with E-state index < -0.39 is 11.9 Å². The number of halogens is 1. The molecule has 1 atom stereocenters. The van der Waals surface area contributed by atoms with Crippen LogP contribution >= 0.6 is 15.9 Å². The summed E-state index contributed by atoms with van der Waals surface area (Å²) in [6.07, 6.45) is 1.81. The molecule has 5 heteroatoms. The van der Waals surface area contributed by atoms with Gasteiger partial charge in [0.1, 0.15) is 0 Å². The highest BCUT2D eigenvalue weighted by Gasteiger charge is 2.26. The van der Waals surface area contributed by atoms with Gasteiger partial charge in [-0.2, -0.15) is 0 Å². The van der Waals surface area contributed by atoms with Crippen LogP contribution in [0, 0.1) is 0 Å². The van der Waals surface area contributed by atoms with E-state index in [4.69, 9.17) is 5.11 Å². The Hall–Kier alpha value is -2.40. The Morgan fingerprint density at radius 1 is 1.05 bits per heavy atom. The van der Waals surface area contributed by atoms with E-state index in [-0.39, 0.29) is 4.83 Å². The van der Waals surface area contributed by atoms with Gasteiger partial charge in [0.15, 0.2) is 0 Å². The molecule has 0 aromatic heterocycles. The summed E-state index contributed by atoms with van der Waals surface area (Å²) in [6.45, 7) is 0. The molecule has 3 rings (SSSR count). The zero-order valence-corrected chi connectivity index (χ0v) is 13.0. The van der Waals surface area contributed by atoms with Gasteiger partial charge in [0.05, 0.1) is 4.83 Å². The minimum Gasteiger partial charge on any atom is -0.478 e. The van der Waals surface area contributed by atoms with Crippen molar-refractivity contribution in [2.45, 2.75) is 4.83 Å². The van der Waals surface area contributed by atoms with Crippen molar-refractivity contribution in [2.75, 3.05) is 5.32 Å². The Kier molecular flexibility index (Phi) is 3.81. The number of carbonyl (C=O) groups is 2.